The third kappa shape index (κ3) is 7.48. The Morgan fingerprint density at radius 1 is 1.03 bits per heavy atom. The van der Waals surface area contributed by atoms with Crippen molar-refractivity contribution in [1.29, 1.82) is 0 Å². The Balaban J connectivity index is 1.58. The Labute approximate surface area is 189 Å². The molecule has 3 rings (SSSR count). The summed E-state index contributed by atoms with van der Waals surface area (Å²) in [5, 5.41) is 15.8. The molecular weight excluding hydrogens is 408 g/mol. The van der Waals surface area contributed by atoms with Crippen LogP contribution in [0.1, 0.15) is 62.4 Å². The molecule has 2 aromatic carbocycles. The maximum absolute atomic E-state index is 12.6. The Kier molecular flexibility index (Phi) is 7.62. The fraction of sp³-hybridized carbons (Fsp3) is 0.400. The minimum atomic E-state index is -0.548. The van der Waals surface area contributed by atoms with E-state index in [-0.39, 0.29) is 17.7 Å². The number of hydrogen-bond donors (Lipinski definition) is 3. The monoisotopic (exact) mass is 439 g/mol. The summed E-state index contributed by atoms with van der Waals surface area (Å²) in [5.41, 5.74) is 0.685. The van der Waals surface area contributed by atoms with Gasteiger partial charge in [0.05, 0.1) is 0 Å². The molecule has 0 aliphatic heterocycles. The van der Waals surface area contributed by atoms with Crippen LogP contribution in [0.5, 0.6) is 17.2 Å². The molecule has 0 heterocycles. The molecule has 1 radical (unpaired) electrons. The lowest BCUT2D eigenvalue weighted by molar-refractivity contribution is 0.0523. The fourth-order valence-corrected chi connectivity index (χ4v) is 3.41. The Hall–Kier alpha value is -3.22. The van der Waals surface area contributed by atoms with Gasteiger partial charge in [-0.25, -0.2) is 4.79 Å². The van der Waals surface area contributed by atoms with Gasteiger partial charge in [0.25, 0.3) is 5.91 Å². The first-order chi connectivity index (χ1) is 15.2. The molecule has 2 aromatic rings. The maximum Gasteiger partial charge on any atom is 0.407 e. The maximum atomic E-state index is 12.6. The molecule has 0 spiro atoms. The number of benzene rings is 2. The predicted octanol–water partition coefficient (Wildman–Crippen LogP) is 5.09. The van der Waals surface area contributed by atoms with E-state index in [1.165, 1.54) is 12.1 Å². The van der Waals surface area contributed by atoms with Gasteiger partial charge < -0.3 is 25.2 Å². The highest BCUT2D eigenvalue weighted by molar-refractivity contribution is 5.95. The van der Waals surface area contributed by atoms with Crippen molar-refractivity contribution in [1.82, 2.24) is 10.6 Å². The van der Waals surface area contributed by atoms with Crippen LogP contribution in [0.15, 0.2) is 42.5 Å². The summed E-state index contributed by atoms with van der Waals surface area (Å²) in [4.78, 5) is 24.4. The van der Waals surface area contributed by atoms with E-state index in [0.29, 0.717) is 23.6 Å². The zero-order valence-electron chi connectivity index (χ0n) is 18.8. The second kappa shape index (κ2) is 10.4. The van der Waals surface area contributed by atoms with Gasteiger partial charge in [0.1, 0.15) is 22.8 Å². The summed E-state index contributed by atoms with van der Waals surface area (Å²) in [5.74, 6) is 0.654. The average Bonchev–Trinajstić information content (AvgIpc) is 2.72. The fourth-order valence-electron chi connectivity index (χ4n) is 3.41. The van der Waals surface area contributed by atoms with E-state index in [1.807, 2.05) is 32.9 Å². The van der Waals surface area contributed by atoms with E-state index in [2.05, 4.69) is 17.1 Å². The third-order valence-corrected chi connectivity index (χ3v) is 4.92. The number of nitrogens with one attached hydrogen (secondary N) is 2. The lowest BCUT2D eigenvalue weighted by Crippen LogP contribution is -2.36. The largest absolute Gasteiger partial charge is 0.508 e. The lowest BCUT2D eigenvalue weighted by atomic mass is 9.95. The van der Waals surface area contributed by atoms with Gasteiger partial charge in [0.15, 0.2) is 0 Å². The van der Waals surface area contributed by atoms with Crippen LogP contribution in [0.4, 0.5) is 4.79 Å². The number of alkyl carbamates (subject to hydrolysis) is 1. The van der Waals surface area contributed by atoms with Crippen molar-refractivity contribution in [2.45, 2.75) is 64.6 Å². The van der Waals surface area contributed by atoms with Crippen molar-refractivity contribution in [3.8, 4) is 17.2 Å². The lowest BCUT2D eigenvalue weighted by Gasteiger charge is -2.22. The highest BCUT2D eigenvalue weighted by Crippen LogP contribution is 2.27. The number of amides is 2. The molecule has 1 aliphatic carbocycles. The first kappa shape index (κ1) is 23.4. The van der Waals surface area contributed by atoms with Crippen LogP contribution in [0.2, 0.25) is 0 Å². The second-order valence-electron chi connectivity index (χ2n) is 8.93. The van der Waals surface area contributed by atoms with Crippen molar-refractivity contribution in [2.24, 2.45) is 0 Å². The zero-order valence-corrected chi connectivity index (χ0v) is 18.8. The summed E-state index contributed by atoms with van der Waals surface area (Å²) in [6.07, 6.45) is 5.63. The molecule has 0 bridgehead atoms. The van der Waals surface area contributed by atoms with Crippen molar-refractivity contribution in [3.05, 3.63) is 60.0 Å². The summed E-state index contributed by atoms with van der Waals surface area (Å²) in [7, 11) is 0. The van der Waals surface area contributed by atoms with Crippen LogP contribution in [0.3, 0.4) is 0 Å². The Bertz CT molecular complexity index is 928. The number of carbonyl (C=O) groups is 2. The molecule has 1 saturated carbocycles. The molecule has 0 atom stereocenters. The minimum absolute atomic E-state index is 0.0391. The second-order valence-corrected chi connectivity index (χ2v) is 8.93. The van der Waals surface area contributed by atoms with Crippen molar-refractivity contribution in [3.63, 3.8) is 0 Å². The van der Waals surface area contributed by atoms with Crippen molar-refractivity contribution < 1.29 is 24.2 Å². The van der Waals surface area contributed by atoms with E-state index in [9.17, 15) is 14.7 Å². The molecule has 1 aliphatic rings. The quantitative estimate of drug-likeness (QED) is 0.583. The predicted molar refractivity (Wildman–Crippen MR) is 122 cm³/mol. The highest BCUT2D eigenvalue weighted by atomic mass is 16.6. The Morgan fingerprint density at radius 2 is 1.72 bits per heavy atom. The number of phenolic OH excluding ortho intramolecular Hbond substituents is 1. The number of aromatic hydroxyl groups is 1. The van der Waals surface area contributed by atoms with Crippen LogP contribution in [-0.2, 0) is 11.3 Å². The van der Waals surface area contributed by atoms with Crippen LogP contribution < -0.4 is 15.4 Å². The smallest absolute Gasteiger partial charge is 0.407 e. The topological polar surface area (TPSA) is 96.9 Å². The molecule has 0 unspecified atom stereocenters. The van der Waals surface area contributed by atoms with Crippen molar-refractivity contribution >= 4 is 12.0 Å². The van der Waals surface area contributed by atoms with E-state index in [0.717, 1.165) is 31.2 Å². The molecular formula is C25H31N2O5. The first-order valence-electron chi connectivity index (χ1n) is 10.9. The first-order valence-corrected chi connectivity index (χ1v) is 10.9. The average molecular weight is 440 g/mol. The Morgan fingerprint density at radius 3 is 2.38 bits per heavy atom. The number of rotatable bonds is 6. The van der Waals surface area contributed by atoms with E-state index >= 15 is 0 Å². The van der Waals surface area contributed by atoms with Crippen molar-refractivity contribution in [2.75, 3.05) is 0 Å². The van der Waals surface area contributed by atoms with Gasteiger partial charge in [0.2, 0.25) is 0 Å². The number of carbonyl (C=O) groups excluding carboxylic acids is 2. The van der Waals surface area contributed by atoms with Crippen LogP contribution >= 0.6 is 0 Å². The van der Waals surface area contributed by atoms with Gasteiger partial charge in [0, 0.05) is 24.2 Å². The highest BCUT2D eigenvalue weighted by Gasteiger charge is 2.18. The van der Waals surface area contributed by atoms with Gasteiger partial charge in [-0.15, -0.1) is 0 Å². The molecule has 0 saturated heterocycles. The number of ether oxygens (including phenoxy) is 2. The van der Waals surface area contributed by atoms with E-state index < -0.39 is 11.7 Å². The van der Waals surface area contributed by atoms with Crippen LogP contribution in [0.25, 0.3) is 0 Å². The SMILES string of the molecule is CC(C)(C)OC(=O)NCc1ccc(Oc2cc(O)cc(C(=O)NC3CC[CH]CC3)c2)cc1. The van der Waals surface area contributed by atoms with Gasteiger partial charge in [-0.3, -0.25) is 4.79 Å². The molecule has 1 fully saturated rings. The molecule has 7 heteroatoms. The van der Waals surface area contributed by atoms with Crippen LogP contribution in [-0.4, -0.2) is 28.7 Å². The summed E-state index contributed by atoms with van der Waals surface area (Å²) >= 11 is 0. The zero-order chi connectivity index (χ0) is 23.1. The number of hydrogen-bond acceptors (Lipinski definition) is 5. The molecule has 3 N–H and O–H groups in total. The third-order valence-electron chi connectivity index (χ3n) is 4.92. The molecule has 2 amide bonds. The number of phenols is 1. The molecule has 7 nitrogen and oxygen atoms in total. The molecule has 32 heavy (non-hydrogen) atoms. The van der Waals surface area contributed by atoms with Crippen LogP contribution in [0, 0.1) is 6.42 Å². The summed E-state index contributed by atoms with van der Waals surface area (Å²) in [6.45, 7) is 5.75. The van der Waals surface area contributed by atoms with Gasteiger partial charge in [-0.1, -0.05) is 12.1 Å². The standard InChI is InChI=1S/C25H31N2O5/c1-25(2,3)32-24(30)26-16-17-9-11-21(12-10-17)31-22-14-18(13-20(28)15-22)23(29)27-19-7-5-4-6-8-19/h4,9-15,19,28H,5-8,16H2,1-3H3,(H,26,30)(H,27,29). The minimum Gasteiger partial charge on any atom is -0.508 e. The summed E-state index contributed by atoms with van der Waals surface area (Å²) < 4.78 is 11.0. The van der Waals surface area contributed by atoms with E-state index in [4.69, 9.17) is 9.47 Å². The molecule has 0 aromatic heterocycles. The van der Waals surface area contributed by atoms with E-state index in [1.54, 1.807) is 18.2 Å². The normalized spacial score (nSPS) is 14.5. The molecule has 171 valence electrons. The van der Waals surface area contributed by atoms with Gasteiger partial charge in [-0.2, -0.15) is 0 Å². The summed E-state index contributed by atoms with van der Waals surface area (Å²) in [6, 6.07) is 11.8. The van der Waals surface area contributed by atoms with Gasteiger partial charge >= 0.3 is 6.09 Å². The van der Waals surface area contributed by atoms with Gasteiger partial charge in [-0.05, 0) is 82.7 Å².